The number of carbonyl (C=O) groups excluding carboxylic acids is 1. The highest BCUT2D eigenvalue weighted by atomic mass is 79.9. The van der Waals surface area contributed by atoms with Crippen molar-refractivity contribution in [3.8, 4) is 0 Å². The van der Waals surface area contributed by atoms with Gasteiger partial charge < -0.3 is 4.74 Å². The Morgan fingerprint density at radius 3 is 3.10 bits per heavy atom. The van der Waals surface area contributed by atoms with Crippen LogP contribution in [-0.2, 0) is 4.74 Å². The molecule has 2 aliphatic heterocycles. The summed E-state index contributed by atoms with van der Waals surface area (Å²) in [7, 11) is 0. The van der Waals surface area contributed by atoms with Crippen LogP contribution in [0.2, 0.25) is 0 Å². The molecule has 2 atom stereocenters. The average Bonchev–Trinajstić information content (AvgIpc) is 2.77. The van der Waals surface area contributed by atoms with E-state index in [1.807, 2.05) is 11.0 Å². The first kappa shape index (κ1) is 14.3. The highest BCUT2D eigenvalue weighted by Crippen LogP contribution is 2.40. The van der Waals surface area contributed by atoms with Crippen molar-refractivity contribution in [3.05, 3.63) is 47.4 Å². The second-order valence-corrected chi connectivity index (χ2v) is 6.15. The summed E-state index contributed by atoms with van der Waals surface area (Å²) < 4.78 is 5.99. The lowest BCUT2D eigenvalue weighted by atomic mass is 9.95. The smallest absolute Gasteiger partial charge is 0.415 e. The van der Waals surface area contributed by atoms with Crippen LogP contribution in [0.4, 0.5) is 4.79 Å². The van der Waals surface area contributed by atoms with Gasteiger partial charge >= 0.3 is 6.09 Å². The number of hydrogen-bond acceptors (Lipinski definition) is 3. The summed E-state index contributed by atoms with van der Waals surface area (Å²) in [6.45, 7) is 3.48. The van der Waals surface area contributed by atoms with Gasteiger partial charge in [0.05, 0.1) is 12.3 Å². The molecule has 0 aromatic carbocycles. The number of aromatic nitrogens is 1. The van der Waals surface area contributed by atoms with Crippen LogP contribution in [-0.4, -0.2) is 28.1 Å². The molecule has 4 nitrogen and oxygen atoms in total. The first-order valence-electron chi connectivity index (χ1n) is 7.12. The lowest BCUT2D eigenvalue weighted by Gasteiger charge is -2.28. The fourth-order valence-electron chi connectivity index (χ4n) is 3.35. The van der Waals surface area contributed by atoms with Gasteiger partial charge in [0, 0.05) is 22.9 Å². The zero-order valence-electron chi connectivity index (χ0n) is 11.7. The maximum atomic E-state index is 12.3. The summed E-state index contributed by atoms with van der Waals surface area (Å²) >= 11 is 3.56. The molecule has 0 saturated carbocycles. The Labute approximate surface area is 132 Å². The first-order valence-corrected chi connectivity index (χ1v) is 7.91. The second-order valence-electron chi connectivity index (χ2n) is 5.30. The van der Waals surface area contributed by atoms with Crippen LogP contribution in [0.5, 0.6) is 0 Å². The number of rotatable bonds is 2. The van der Waals surface area contributed by atoms with Crippen molar-refractivity contribution in [2.45, 2.75) is 37.8 Å². The van der Waals surface area contributed by atoms with Crippen LogP contribution in [0.3, 0.4) is 0 Å². The van der Waals surface area contributed by atoms with Gasteiger partial charge in [0.2, 0.25) is 0 Å². The van der Waals surface area contributed by atoms with E-state index in [0.717, 1.165) is 35.7 Å². The van der Waals surface area contributed by atoms with Gasteiger partial charge in [-0.1, -0.05) is 12.7 Å². The zero-order valence-corrected chi connectivity index (χ0v) is 13.3. The van der Waals surface area contributed by atoms with Gasteiger partial charge in [0.1, 0.15) is 0 Å². The number of allylic oxidation sites excluding steroid dienone is 1. The molecule has 1 amide bonds. The Hall–Kier alpha value is -1.62. The van der Waals surface area contributed by atoms with Gasteiger partial charge in [0.25, 0.3) is 0 Å². The van der Waals surface area contributed by atoms with E-state index < -0.39 is 0 Å². The van der Waals surface area contributed by atoms with Gasteiger partial charge in [-0.25, -0.2) is 4.79 Å². The molecular weight excluding hydrogens is 332 g/mol. The molecule has 3 heterocycles. The van der Waals surface area contributed by atoms with E-state index in [1.54, 1.807) is 12.4 Å². The monoisotopic (exact) mass is 348 g/mol. The number of halogens is 1. The van der Waals surface area contributed by atoms with Gasteiger partial charge in [0.15, 0.2) is 0 Å². The Balaban J connectivity index is 1.98. The third-order valence-corrected chi connectivity index (χ3v) is 4.84. The van der Waals surface area contributed by atoms with Gasteiger partial charge in [-0.15, -0.1) is 0 Å². The topological polar surface area (TPSA) is 42.4 Å². The first-order chi connectivity index (χ1) is 10.2. The van der Waals surface area contributed by atoms with Crippen LogP contribution < -0.4 is 0 Å². The number of carbonyl (C=O) groups is 1. The van der Waals surface area contributed by atoms with E-state index in [9.17, 15) is 4.79 Å². The summed E-state index contributed by atoms with van der Waals surface area (Å²) in [5.74, 6) is 0. The molecule has 2 bridgehead atoms. The molecule has 3 rings (SSSR count). The minimum Gasteiger partial charge on any atom is -0.419 e. The Morgan fingerprint density at radius 2 is 2.33 bits per heavy atom. The number of nitrogens with zero attached hydrogens (tertiary/aromatic N) is 2. The van der Waals surface area contributed by atoms with Crippen molar-refractivity contribution in [1.82, 2.24) is 9.88 Å². The Kier molecular flexibility index (Phi) is 4.10. The van der Waals surface area contributed by atoms with Crippen LogP contribution in [0.15, 0.2) is 41.8 Å². The molecule has 110 valence electrons. The number of ether oxygens (including phenoxy) is 1. The van der Waals surface area contributed by atoms with Crippen molar-refractivity contribution >= 4 is 27.6 Å². The van der Waals surface area contributed by atoms with Crippen LogP contribution in [0.1, 0.15) is 31.2 Å². The molecule has 2 aliphatic rings. The molecule has 21 heavy (non-hydrogen) atoms. The molecule has 1 aromatic rings. The van der Waals surface area contributed by atoms with E-state index in [0.29, 0.717) is 0 Å². The van der Waals surface area contributed by atoms with Crippen molar-refractivity contribution < 1.29 is 9.53 Å². The third-order valence-electron chi connectivity index (χ3n) is 4.20. The van der Waals surface area contributed by atoms with Crippen molar-refractivity contribution in [2.24, 2.45) is 0 Å². The van der Waals surface area contributed by atoms with E-state index >= 15 is 0 Å². The summed E-state index contributed by atoms with van der Waals surface area (Å²) in [5.41, 5.74) is 2.29. The molecule has 0 aliphatic carbocycles. The fourth-order valence-corrected chi connectivity index (χ4v) is 3.83. The predicted molar refractivity (Wildman–Crippen MR) is 84.5 cm³/mol. The maximum absolute atomic E-state index is 12.3. The van der Waals surface area contributed by atoms with Crippen molar-refractivity contribution in [3.63, 3.8) is 0 Å². The molecule has 1 saturated heterocycles. The Morgan fingerprint density at radius 1 is 1.48 bits per heavy atom. The molecule has 0 spiro atoms. The fraction of sp³-hybridized carbons (Fsp3) is 0.375. The SMILES string of the molecule is C=COC(=O)N1C2CCC=C(c3ccncc3Br)C1CC2. The lowest BCUT2D eigenvalue weighted by Crippen LogP contribution is -2.40. The van der Waals surface area contributed by atoms with Crippen molar-refractivity contribution in [1.29, 1.82) is 0 Å². The summed E-state index contributed by atoms with van der Waals surface area (Å²) in [4.78, 5) is 18.3. The molecule has 0 radical (unpaired) electrons. The zero-order chi connectivity index (χ0) is 14.8. The van der Waals surface area contributed by atoms with E-state index in [1.165, 1.54) is 11.8 Å². The number of pyridine rings is 1. The molecular formula is C16H17BrN2O2. The van der Waals surface area contributed by atoms with E-state index in [2.05, 4.69) is 33.6 Å². The summed E-state index contributed by atoms with van der Waals surface area (Å²) in [6.07, 6.45) is 10.7. The van der Waals surface area contributed by atoms with Gasteiger partial charge in [-0.2, -0.15) is 0 Å². The minimum absolute atomic E-state index is 0.0728. The highest BCUT2D eigenvalue weighted by Gasteiger charge is 2.41. The van der Waals surface area contributed by atoms with Crippen LogP contribution >= 0.6 is 15.9 Å². The van der Waals surface area contributed by atoms with Crippen LogP contribution in [0.25, 0.3) is 5.57 Å². The summed E-state index contributed by atoms with van der Waals surface area (Å²) in [5, 5.41) is 0. The molecule has 0 N–H and O–H groups in total. The predicted octanol–water partition coefficient (Wildman–Crippen LogP) is 4.13. The average molecular weight is 349 g/mol. The maximum Gasteiger partial charge on any atom is 0.415 e. The number of amides is 1. The molecule has 2 unspecified atom stereocenters. The van der Waals surface area contributed by atoms with E-state index in [4.69, 9.17) is 4.74 Å². The normalized spacial score (nSPS) is 24.2. The quantitative estimate of drug-likeness (QED) is 0.754. The molecule has 1 aromatic heterocycles. The number of hydrogen-bond donors (Lipinski definition) is 0. The lowest BCUT2D eigenvalue weighted by molar-refractivity contribution is 0.123. The second kappa shape index (κ2) is 6.02. The molecule has 5 heteroatoms. The van der Waals surface area contributed by atoms with Gasteiger partial charge in [-0.3, -0.25) is 9.88 Å². The Bertz CT molecular complexity index is 600. The highest BCUT2D eigenvalue weighted by molar-refractivity contribution is 9.10. The molecule has 1 fully saturated rings. The van der Waals surface area contributed by atoms with Gasteiger partial charge in [-0.05, 0) is 58.8 Å². The standard InChI is InChI=1S/C16H17BrN2O2/c1-2-21-16(20)19-11-4-3-5-13(15(19)7-6-11)12-8-9-18-10-14(12)17/h2,5,8-11,15H,1,3-4,6-7H2. The third kappa shape index (κ3) is 2.62. The largest absolute Gasteiger partial charge is 0.419 e. The summed E-state index contributed by atoms with van der Waals surface area (Å²) in [6, 6.07) is 2.33. The van der Waals surface area contributed by atoms with Crippen molar-refractivity contribution in [2.75, 3.05) is 0 Å². The minimum atomic E-state index is -0.296. The number of fused-ring (bicyclic) bond motifs is 2. The van der Waals surface area contributed by atoms with Crippen LogP contribution in [0, 0.1) is 0 Å². The van der Waals surface area contributed by atoms with E-state index in [-0.39, 0.29) is 18.2 Å².